The van der Waals surface area contributed by atoms with Crippen LogP contribution in [0.4, 0.5) is 0 Å². The van der Waals surface area contributed by atoms with Crippen LogP contribution in [0.1, 0.15) is 41.1 Å². The van der Waals surface area contributed by atoms with Gasteiger partial charge in [-0.1, -0.05) is 42.0 Å². The Kier molecular flexibility index (Phi) is 4.65. The second-order valence-electron chi connectivity index (χ2n) is 6.20. The molecule has 0 aliphatic heterocycles. The maximum atomic E-state index is 12.5. The number of methoxy groups -OCH3 is 1. The van der Waals surface area contributed by atoms with Gasteiger partial charge < -0.3 is 10.1 Å². The van der Waals surface area contributed by atoms with Crippen LogP contribution < -0.4 is 10.1 Å². The van der Waals surface area contributed by atoms with E-state index in [0.717, 1.165) is 36.1 Å². The van der Waals surface area contributed by atoms with Crippen molar-refractivity contribution in [1.82, 2.24) is 5.32 Å². The number of ether oxygens (including phenoxy) is 1. The minimum atomic E-state index is 0.0515. The molecule has 3 rings (SSSR count). The number of fused-ring (bicyclic) bond motifs is 1. The van der Waals surface area contributed by atoms with Crippen molar-refractivity contribution in [2.45, 2.75) is 38.6 Å². The van der Waals surface area contributed by atoms with Crippen LogP contribution in [0.5, 0.6) is 5.75 Å². The van der Waals surface area contributed by atoms with Gasteiger partial charge in [0.1, 0.15) is 5.75 Å². The highest BCUT2D eigenvalue weighted by atomic mass is 16.5. The monoisotopic (exact) mass is 309 g/mol. The summed E-state index contributed by atoms with van der Waals surface area (Å²) >= 11 is 0. The van der Waals surface area contributed by atoms with Crippen LogP contribution in [-0.4, -0.2) is 13.0 Å². The van der Waals surface area contributed by atoms with Crippen molar-refractivity contribution in [3.05, 3.63) is 64.7 Å². The van der Waals surface area contributed by atoms with Crippen LogP contribution in [0, 0.1) is 6.92 Å². The standard InChI is InChI=1S/C20H23NO2/c1-14-10-11-19(23-2)16(12-14)13-20(22)21-18-9-5-7-15-6-3-4-8-17(15)18/h3-4,6,8,10-12,18H,5,7,9,13H2,1-2H3,(H,21,22). The van der Waals surface area contributed by atoms with Gasteiger partial charge in [-0.3, -0.25) is 4.79 Å². The number of carbonyl (C=O) groups excluding carboxylic acids is 1. The van der Waals surface area contributed by atoms with Crippen molar-refractivity contribution in [2.24, 2.45) is 0 Å². The van der Waals surface area contributed by atoms with Gasteiger partial charge in [-0.2, -0.15) is 0 Å². The quantitative estimate of drug-likeness (QED) is 0.934. The summed E-state index contributed by atoms with van der Waals surface area (Å²) in [6, 6.07) is 14.5. The summed E-state index contributed by atoms with van der Waals surface area (Å²) in [4.78, 5) is 12.5. The third-order valence-corrected chi connectivity index (χ3v) is 4.49. The van der Waals surface area contributed by atoms with E-state index >= 15 is 0 Å². The van der Waals surface area contributed by atoms with Crippen molar-refractivity contribution < 1.29 is 9.53 Å². The molecule has 0 saturated heterocycles. The molecule has 1 N–H and O–H groups in total. The van der Waals surface area contributed by atoms with Gasteiger partial charge in [0.2, 0.25) is 5.91 Å². The van der Waals surface area contributed by atoms with E-state index in [9.17, 15) is 4.79 Å². The van der Waals surface area contributed by atoms with Gasteiger partial charge in [0.25, 0.3) is 0 Å². The third-order valence-electron chi connectivity index (χ3n) is 4.49. The lowest BCUT2D eigenvalue weighted by Gasteiger charge is -2.26. The largest absolute Gasteiger partial charge is 0.496 e. The fraction of sp³-hybridized carbons (Fsp3) is 0.350. The van der Waals surface area contributed by atoms with Crippen LogP contribution in [0.3, 0.4) is 0 Å². The van der Waals surface area contributed by atoms with Crippen LogP contribution in [-0.2, 0) is 17.6 Å². The Morgan fingerprint density at radius 3 is 2.91 bits per heavy atom. The third kappa shape index (κ3) is 3.55. The Hall–Kier alpha value is -2.29. The summed E-state index contributed by atoms with van der Waals surface area (Å²) in [7, 11) is 1.64. The molecule has 3 heteroatoms. The Morgan fingerprint density at radius 2 is 2.09 bits per heavy atom. The number of benzene rings is 2. The van der Waals surface area contributed by atoms with E-state index in [2.05, 4.69) is 23.5 Å². The zero-order valence-corrected chi connectivity index (χ0v) is 13.8. The first kappa shape index (κ1) is 15.6. The molecular formula is C20H23NO2. The normalized spacial score (nSPS) is 16.5. The van der Waals surface area contributed by atoms with Gasteiger partial charge in [0.05, 0.1) is 19.6 Å². The molecule has 23 heavy (non-hydrogen) atoms. The minimum Gasteiger partial charge on any atom is -0.496 e. The lowest BCUT2D eigenvalue weighted by atomic mass is 9.87. The fourth-order valence-electron chi connectivity index (χ4n) is 3.37. The van der Waals surface area contributed by atoms with Gasteiger partial charge in [0, 0.05) is 5.56 Å². The summed E-state index contributed by atoms with van der Waals surface area (Å²) < 4.78 is 5.37. The van der Waals surface area contributed by atoms with Crippen LogP contribution >= 0.6 is 0 Å². The van der Waals surface area contributed by atoms with Gasteiger partial charge in [-0.15, -0.1) is 0 Å². The Labute approximate surface area is 137 Å². The molecule has 1 aliphatic rings. The predicted molar refractivity (Wildman–Crippen MR) is 91.7 cm³/mol. The van der Waals surface area contributed by atoms with E-state index < -0.39 is 0 Å². The first-order valence-electron chi connectivity index (χ1n) is 8.18. The number of aryl methyl sites for hydroxylation is 2. The number of hydrogen-bond acceptors (Lipinski definition) is 2. The molecule has 2 aromatic carbocycles. The number of amides is 1. The highest BCUT2D eigenvalue weighted by Crippen LogP contribution is 2.29. The molecule has 0 spiro atoms. The SMILES string of the molecule is COc1ccc(C)cc1CC(=O)NC1CCCc2ccccc21. The first-order valence-corrected chi connectivity index (χ1v) is 8.18. The fourth-order valence-corrected chi connectivity index (χ4v) is 3.37. The zero-order valence-electron chi connectivity index (χ0n) is 13.8. The Morgan fingerprint density at radius 1 is 1.26 bits per heavy atom. The summed E-state index contributed by atoms with van der Waals surface area (Å²) in [5.74, 6) is 0.824. The molecule has 120 valence electrons. The second-order valence-corrected chi connectivity index (χ2v) is 6.20. The van der Waals surface area contributed by atoms with Gasteiger partial charge >= 0.3 is 0 Å². The molecule has 0 aromatic heterocycles. The molecule has 0 bridgehead atoms. The molecule has 0 heterocycles. The average molecular weight is 309 g/mol. The van der Waals surface area contributed by atoms with Crippen molar-refractivity contribution in [3.63, 3.8) is 0 Å². The van der Waals surface area contributed by atoms with Crippen LogP contribution in [0.25, 0.3) is 0 Å². The van der Waals surface area contributed by atoms with E-state index in [1.165, 1.54) is 11.1 Å². The van der Waals surface area contributed by atoms with Crippen molar-refractivity contribution in [2.75, 3.05) is 7.11 Å². The molecule has 0 saturated carbocycles. The molecule has 3 nitrogen and oxygen atoms in total. The second kappa shape index (κ2) is 6.86. The van der Waals surface area contributed by atoms with Gasteiger partial charge in [-0.25, -0.2) is 0 Å². The summed E-state index contributed by atoms with van der Waals surface area (Å²) in [6.45, 7) is 2.03. The Bertz CT molecular complexity index is 709. The van der Waals surface area contributed by atoms with E-state index in [1.807, 2.05) is 31.2 Å². The van der Waals surface area contributed by atoms with Gasteiger partial charge in [0.15, 0.2) is 0 Å². The van der Waals surface area contributed by atoms with Crippen molar-refractivity contribution >= 4 is 5.91 Å². The maximum absolute atomic E-state index is 12.5. The molecule has 1 atom stereocenters. The van der Waals surface area contributed by atoms with Gasteiger partial charge in [-0.05, 0) is 43.4 Å². The summed E-state index contributed by atoms with van der Waals surface area (Å²) in [6.07, 6.45) is 3.58. The van der Waals surface area contributed by atoms with E-state index in [-0.39, 0.29) is 11.9 Å². The Balaban J connectivity index is 1.73. The van der Waals surface area contributed by atoms with Crippen LogP contribution in [0.2, 0.25) is 0 Å². The summed E-state index contributed by atoms with van der Waals surface area (Å²) in [5, 5.41) is 3.20. The number of rotatable bonds is 4. The minimum absolute atomic E-state index is 0.0515. The first-order chi connectivity index (χ1) is 11.2. The maximum Gasteiger partial charge on any atom is 0.225 e. The highest BCUT2D eigenvalue weighted by molar-refractivity contribution is 5.80. The number of nitrogens with one attached hydrogen (secondary N) is 1. The van der Waals surface area contributed by atoms with E-state index in [1.54, 1.807) is 7.11 Å². The molecule has 0 radical (unpaired) electrons. The van der Waals surface area contributed by atoms with E-state index in [0.29, 0.717) is 6.42 Å². The summed E-state index contributed by atoms with van der Waals surface area (Å²) in [5.41, 5.74) is 4.70. The van der Waals surface area contributed by atoms with E-state index in [4.69, 9.17) is 4.74 Å². The lowest BCUT2D eigenvalue weighted by Crippen LogP contribution is -2.32. The predicted octanol–water partition coefficient (Wildman–Crippen LogP) is 3.74. The van der Waals surface area contributed by atoms with Crippen LogP contribution in [0.15, 0.2) is 42.5 Å². The molecule has 1 aliphatic carbocycles. The molecule has 2 aromatic rings. The topological polar surface area (TPSA) is 38.3 Å². The molecule has 0 fully saturated rings. The number of carbonyl (C=O) groups is 1. The average Bonchev–Trinajstić information content (AvgIpc) is 2.55. The smallest absolute Gasteiger partial charge is 0.225 e. The molecular weight excluding hydrogens is 286 g/mol. The molecule has 1 unspecified atom stereocenters. The highest BCUT2D eigenvalue weighted by Gasteiger charge is 2.21. The lowest BCUT2D eigenvalue weighted by molar-refractivity contribution is -0.121. The zero-order chi connectivity index (χ0) is 16.2. The molecule has 1 amide bonds. The van der Waals surface area contributed by atoms with Crippen molar-refractivity contribution in [1.29, 1.82) is 0 Å². The van der Waals surface area contributed by atoms with Crippen molar-refractivity contribution in [3.8, 4) is 5.75 Å². The number of hydrogen-bond donors (Lipinski definition) is 1.